The van der Waals surface area contributed by atoms with Crippen LogP contribution in [0.2, 0.25) is 0 Å². The molecule has 2 heterocycles. The van der Waals surface area contributed by atoms with Crippen LogP contribution in [-0.2, 0) is 6.54 Å². The first kappa shape index (κ1) is 20.8. The smallest absolute Gasteiger partial charge is 0.197 e. The molecule has 4 heteroatoms. The zero-order chi connectivity index (χ0) is 21.8. The third kappa shape index (κ3) is 4.42. The van der Waals surface area contributed by atoms with Gasteiger partial charge in [-0.3, -0.25) is 9.69 Å². The SMILES string of the molecule is O=c1c2ccccc2n(Cc2ccc(OCCN3CCCCCC3)cc2)c2ccccc12. The molecule has 0 aliphatic carbocycles. The monoisotopic (exact) mass is 426 g/mol. The van der Waals surface area contributed by atoms with Crippen LogP contribution in [0.1, 0.15) is 31.2 Å². The number of hydrogen-bond donors (Lipinski definition) is 0. The fourth-order valence-electron chi connectivity index (χ4n) is 4.77. The highest BCUT2D eigenvalue weighted by molar-refractivity contribution is 5.93. The first-order chi connectivity index (χ1) is 15.8. The van der Waals surface area contributed by atoms with Gasteiger partial charge >= 0.3 is 0 Å². The minimum atomic E-state index is 0.0978. The average molecular weight is 427 g/mol. The summed E-state index contributed by atoms with van der Waals surface area (Å²) in [4.78, 5) is 15.5. The third-order valence-corrected chi connectivity index (χ3v) is 6.52. The van der Waals surface area contributed by atoms with E-state index in [1.165, 1.54) is 44.3 Å². The summed E-state index contributed by atoms with van der Waals surface area (Å²) in [6.45, 7) is 4.83. The molecule has 3 aromatic carbocycles. The van der Waals surface area contributed by atoms with Crippen LogP contribution in [0.25, 0.3) is 21.8 Å². The lowest BCUT2D eigenvalue weighted by Gasteiger charge is -2.19. The van der Waals surface area contributed by atoms with E-state index in [9.17, 15) is 4.79 Å². The number of para-hydroxylation sites is 2. The number of hydrogen-bond acceptors (Lipinski definition) is 3. The zero-order valence-electron chi connectivity index (χ0n) is 18.5. The quantitative estimate of drug-likeness (QED) is 0.384. The zero-order valence-corrected chi connectivity index (χ0v) is 18.5. The van der Waals surface area contributed by atoms with E-state index in [0.717, 1.165) is 40.7 Å². The van der Waals surface area contributed by atoms with Crippen molar-refractivity contribution in [2.45, 2.75) is 32.2 Å². The van der Waals surface area contributed by atoms with Gasteiger partial charge in [0.2, 0.25) is 0 Å². The van der Waals surface area contributed by atoms with E-state index in [4.69, 9.17) is 4.74 Å². The molecule has 164 valence electrons. The highest BCUT2D eigenvalue weighted by Crippen LogP contribution is 2.22. The van der Waals surface area contributed by atoms with Crippen LogP contribution in [-0.4, -0.2) is 35.7 Å². The first-order valence-corrected chi connectivity index (χ1v) is 11.7. The molecule has 1 aliphatic heterocycles. The molecular weight excluding hydrogens is 396 g/mol. The molecule has 0 unspecified atom stereocenters. The molecule has 1 saturated heterocycles. The van der Waals surface area contributed by atoms with Crippen LogP contribution in [0.15, 0.2) is 77.6 Å². The van der Waals surface area contributed by atoms with Crippen molar-refractivity contribution in [3.63, 3.8) is 0 Å². The van der Waals surface area contributed by atoms with Crippen molar-refractivity contribution in [1.29, 1.82) is 0 Å². The van der Waals surface area contributed by atoms with Gasteiger partial charge in [-0.15, -0.1) is 0 Å². The van der Waals surface area contributed by atoms with E-state index in [0.29, 0.717) is 6.54 Å². The lowest BCUT2D eigenvalue weighted by Crippen LogP contribution is -2.29. The Bertz CT molecular complexity index is 1190. The maximum atomic E-state index is 12.9. The molecule has 0 saturated carbocycles. The summed E-state index contributed by atoms with van der Waals surface area (Å²) in [6.07, 6.45) is 5.34. The molecule has 0 N–H and O–H groups in total. The van der Waals surface area contributed by atoms with E-state index in [1.54, 1.807) is 0 Å². The van der Waals surface area contributed by atoms with Crippen molar-refractivity contribution in [2.75, 3.05) is 26.2 Å². The number of aromatic nitrogens is 1. The van der Waals surface area contributed by atoms with E-state index < -0.39 is 0 Å². The van der Waals surface area contributed by atoms with Gasteiger partial charge in [0.05, 0.1) is 11.0 Å². The number of nitrogens with zero attached hydrogens (tertiary/aromatic N) is 2. The Labute approximate surface area is 189 Å². The van der Waals surface area contributed by atoms with Gasteiger partial charge < -0.3 is 9.30 Å². The van der Waals surface area contributed by atoms with Crippen LogP contribution in [0.5, 0.6) is 5.75 Å². The Hall–Kier alpha value is -3.11. The maximum Gasteiger partial charge on any atom is 0.197 e. The molecule has 0 radical (unpaired) electrons. The summed E-state index contributed by atoms with van der Waals surface area (Å²) in [5.74, 6) is 0.915. The van der Waals surface area contributed by atoms with Gasteiger partial charge in [0.25, 0.3) is 0 Å². The molecule has 0 atom stereocenters. The van der Waals surface area contributed by atoms with E-state index in [1.807, 2.05) is 48.5 Å². The van der Waals surface area contributed by atoms with Gasteiger partial charge in [-0.1, -0.05) is 49.2 Å². The Balaban J connectivity index is 1.33. The summed E-state index contributed by atoms with van der Waals surface area (Å²) in [5, 5.41) is 1.53. The summed E-state index contributed by atoms with van der Waals surface area (Å²) in [6, 6.07) is 24.1. The first-order valence-electron chi connectivity index (χ1n) is 11.7. The lowest BCUT2D eigenvalue weighted by molar-refractivity contribution is 0.214. The van der Waals surface area contributed by atoms with Gasteiger partial charge in [0.15, 0.2) is 5.43 Å². The number of rotatable bonds is 6. The van der Waals surface area contributed by atoms with Crippen LogP contribution >= 0.6 is 0 Å². The molecule has 1 aliphatic rings. The van der Waals surface area contributed by atoms with Gasteiger partial charge in [-0.05, 0) is 67.9 Å². The van der Waals surface area contributed by atoms with Crippen molar-refractivity contribution >= 4 is 21.8 Å². The normalized spacial score (nSPS) is 15.1. The van der Waals surface area contributed by atoms with E-state index in [-0.39, 0.29) is 5.43 Å². The van der Waals surface area contributed by atoms with Gasteiger partial charge in [0.1, 0.15) is 12.4 Å². The molecule has 1 fully saturated rings. The fraction of sp³-hybridized carbons (Fsp3) is 0.321. The fourth-order valence-corrected chi connectivity index (χ4v) is 4.77. The molecular formula is C28H30N2O2. The minimum absolute atomic E-state index is 0.0978. The van der Waals surface area contributed by atoms with Crippen molar-refractivity contribution in [1.82, 2.24) is 9.47 Å². The second kappa shape index (κ2) is 9.58. The largest absolute Gasteiger partial charge is 0.492 e. The van der Waals surface area contributed by atoms with Crippen LogP contribution in [0.3, 0.4) is 0 Å². The van der Waals surface area contributed by atoms with Crippen molar-refractivity contribution in [3.8, 4) is 5.75 Å². The Morgan fingerprint density at radius 1 is 0.719 bits per heavy atom. The summed E-state index contributed by atoms with van der Waals surface area (Å²) in [5.41, 5.74) is 3.22. The number of likely N-dealkylation sites (tertiary alicyclic amines) is 1. The molecule has 1 aromatic heterocycles. The molecule has 0 amide bonds. The predicted molar refractivity (Wildman–Crippen MR) is 132 cm³/mol. The second-order valence-corrected chi connectivity index (χ2v) is 8.70. The Morgan fingerprint density at radius 3 is 1.94 bits per heavy atom. The summed E-state index contributed by atoms with van der Waals surface area (Å²) in [7, 11) is 0. The molecule has 0 bridgehead atoms. The number of benzene rings is 3. The van der Waals surface area contributed by atoms with Crippen molar-refractivity contribution in [3.05, 3.63) is 88.6 Å². The van der Waals surface area contributed by atoms with Crippen LogP contribution in [0, 0.1) is 0 Å². The minimum Gasteiger partial charge on any atom is -0.492 e. The second-order valence-electron chi connectivity index (χ2n) is 8.70. The highest BCUT2D eigenvalue weighted by atomic mass is 16.5. The molecule has 0 spiro atoms. The molecule has 4 aromatic rings. The number of ether oxygens (including phenoxy) is 1. The van der Waals surface area contributed by atoms with E-state index >= 15 is 0 Å². The van der Waals surface area contributed by atoms with Crippen LogP contribution < -0.4 is 10.2 Å². The Kier molecular flexibility index (Phi) is 6.22. The summed E-state index contributed by atoms with van der Waals surface area (Å²) >= 11 is 0. The molecule has 32 heavy (non-hydrogen) atoms. The average Bonchev–Trinajstić information content (AvgIpc) is 3.12. The predicted octanol–water partition coefficient (Wildman–Crippen LogP) is 5.46. The standard InChI is InChI=1S/C28H30N2O2/c31-28-24-9-3-5-11-26(24)30(27-12-6-4-10-25(27)28)21-22-13-15-23(16-14-22)32-20-19-29-17-7-1-2-8-18-29/h3-6,9-16H,1-2,7-8,17-21H2. The topological polar surface area (TPSA) is 34.5 Å². The van der Waals surface area contributed by atoms with Crippen LogP contribution in [0.4, 0.5) is 0 Å². The Morgan fingerprint density at radius 2 is 1.31 bits per heavy atom. The van der Waals surface area contributed by atoms with Gasteiger partial charge in [0, 0.05) is 23.9 Å². The highest BCUT2D eigenvalue weighted by Gasteiger charge is 2.11. The summed E-state index contributed by atoms with van der Waals surface area (Å²) < 4.78 is 8.26. The van der Waals surface area contributed by atoms with Gasteiger partial charge in [-0.2, -0.15) is 0 Å². The number of pyridine rings is 1. The maximum absolute atomic E-state index is 12.9. The van der Waals surface area contributed by atoms with Gasteiger partial charge in [-0.25, -0.2) is 0 Å². The lowest BCUT2D eigenvalue weighted by atomic mass is 10.1. The van der Waals surface area contributed by atoms with E-state index in [2.05, 4.69) is 33.7 Å². The third-order valence-electron chi connectivity index (χ3n) is 6.52. The molecule has 5 rings (SSSR count). The van der Waals surface area contributed by atoms with Crippen molar-refractivity contribution in [2.24, 2.45) is 0 Å². The van der Waals surface area contributed by atoms with Crippen molar-refractivity contribution < 1.29 is 4.74 Å². The molecule has 4 nitrogen and oxygen atoms in total. The number of fused-ring (bicyclic) bond motifs is 2.